The minimum atomic E-state index is 0.409. The Labute approximate surface area is 139 Å². The zero-order valence-corrected chi connectivity index (χ0v) is 14.8. The van der Waals surface area contributed by atoms with E-state index in [9.17, 15) is 0 Å². The first kappa shape index (κ1) is 16.3. The molecule has 112 valence electrons. The number of hydrogen-bond donors (Lipinski definition) is 1. The lowest BCUT2D eigenvalue weighted by atomic mass is 10.1. The zero-order valence-electron chi connectivity index (χ0n) is 12.4. The molecule has 0 bridgehead atoms. The molecule has 4 heteroatoms. The highest BCUT2D eigenvalue weighted by Crippen LogP contribution is 2.31. The normalized spacial score (nSPS) is 11.0. The summed E-state index contributed by atoms with van der Waals surface area (Å²) in [7, 11) is 0. The van der Waals surface area contributed by atoms with Crippen molar-refractivity contribution >= 4 is 27.5 Å². The molecule has 0 aliphatic carbocycles. The minimum Gasteiger partial charge on any atom is -0.457 e. The van der Waals surface area contributed by atoms with Crippen molar-refractivity contribution in [3.63, 3.8) is 0 Å². The number of nitrogens with one attached hydrogen (secondary N) is 1. The molecule has 0 saturated carbocycles. The first-order valence-electron chi connectivity index (χ1n) is 6.91. The molecule has 0 atom stereocenters. The van der Waals surface area contributed by atoms with E-state index >= 15 is 0 Å². The molecule has 2 aromatic rings. The van der Waals surface area contributed by atoms with Crippen molar-refractivity contribution in [3.05, 3.63) is 57.0 Å². The summed E-state index contributed by atoms with van der Waals surface area (Å²) in [5.41, 5.74) is 2.14. The molecule has 21 heavy (non-hydrogen) atoms. The Bertz CT molecular complexity index is 628. The van der Waals surface area contributed by atoms with Gasteiger partial charge in [0, 0.05) is 27.6 Å². The average Bonchev–Trinajstić information content (AvgIpc) is 2.41. The summed E-state index contributed by atoms with van der Waals surface area (Å²) in [4.78, 5) is 0. The SMILES string of the molecule is Cc1cc(Br)ccc1Oc1ccc(Cl)cc1CNC(C)C. The first-order chi connectivity index (χ1) is 9.95. The van der Waals surface area contributed by atoms with Crippen LogP contribution >= 0.6 is 27.5 Å². The fourth-order valence-corrected chi connectivity index (χ4v) is 2.62. The Balaban J connectivity index is 2.26. The summed E-state index contributed by atoms with van der Waals surface area (Å²) in [5, 5.41) is 4.11. The van der Waals surface area contributed by atoms with Crippen molar-refractivity contribution in [2.45, 2.75) is 33.4 Å². The van der Waals surface area contributed by atoms with Crippen LogP contribution in [0.15, 0.2) is 40.9 Å². The van der Waals surface area contributed by atoms with Crippen molar-refractivity contribution < 1.29 is 4.74 Å². The van der Waals surface area contributed by atoms with Crippen molar-refractivity contribution in [1.29, 1.82) is 0 Å². The molecule has 0 aliphatic rings. The van der Waals surface area contributed by atoms with Gasteiger partial charge in [-0.1, -0.05) is 41.4 Å². The third-order valence-electron chi connectivity index (χ3n) is 3.08. The Morgan fingerprint density at radius 2 is 1.86 bits per heavy atom. The van der Waals surface area contributed by atoms with Crippen LogP contribution in [0.5, 0.6) is 11.5 Å². The predicted octanol–water partition coefficient (Wildman–Crippen LogP) is 5.70. The van der Waals surface area contributed by atoms with Crippen molar-refractivity contribution in [2.24, 2.45) is 0 Å². The highest BCUT2D eigenvalue weighted by Gasteiger charge is 2.08. The number of aryl methyl sites for hydroxylation is 1. The molecule has 0 radical (unpaired) electrons. The number of hydrogen-bond acceptors (Lipinski definition) is 2. The maximum Gasteiger partial charge on any atom is 0.132 e. The minimum absolute atomic E-state index is 0.409. The van der Waals surface area contributed by atoms with Gasteiger partial charge in [-0.25, -0.2) is 0 Å². The zero-order chi connectivity index (χ0) is 15.4. The van der Waals surface area contributed by atoms with E-state index in [-0.39, 0.29) is 0 Å². The predicted molar refractivity (Wildman–Crippen MR) is 92.4 cm³/mol. The fraction of sp³-hybridized carbons (Fsp3) is 0.294. The summed E-state index contributed by atoms with van der Waals surface area (Å²) in [6.07, 6.45) is 0. The van der Waals surface area contributed by atoms with Crippen LogP contribution in [-0.2, 0) is 6.54 Å². The van der Waals surface area contributed by atoms with E-state index in [1.807, 2.05) is 43.3 Å². The molecule has 2 rings (SSSR count). The number of rotatable bonds is 5. The van der Waals surface area contributed by atoms with Gasteiger partial charge in [-0.3, -0.25) is 0 Å². The average molecular weight is 369 g/mol. The van der Waals surface area contributed by atoms with Gasteiger partial charge in [-0.05, 0) is 48.9 Å². The molecule has 0 heterocycles. The van der Waals surface area contributed by atoms with E-state index < -0.39 is 0 Å². The topological polar surface area (TPSA) is 21.3 Å². The van der Waals surface area contributed by atoms with Gasteiger partial charge in [-0.2, -0.15) is 0 Å². The Kier molecular flexibility index (Phi) is 5.68. The standard InChI is InChI=1S/C17H19BrClNO/c1-11(2)20-10-13-9-15(19)5-7-17(13)21-16-6-4-14(18)8-12(16)3/h4-9,11,20H,10H2,1-3H3. The molecule has 0 fully saturated rings. The Hall–Kier alpha value is -1.03. The highest BCUT2D eigenvalue weighted by atomic mass is 79.9. The van der Waals surface area contributed by atoms with Crippen molar-refractivity contribution in [2.75, 3.05) is 0 Å². The Morgan fingerprint density at radius 3 is 2.52 bits per heavy atom. The lowest BCUT2D eigenvalue weighted by Crippen LogP contribution is -2.22. The largest absolute Gasteiger partial charge is 0.457 e. The third-order valence-corrected chi connectivity index (χ3v) is 3.81. The summed E-state index contributed by atoms with van der Waals surface area (Å²) in [6.45, 7) is 6.99. The maximum atomic E-state index is 6.10. The van der Waals surface area contributed by atoms with Crippen LogP contribution in [0.25, 0.3) is 0 Å². The van der Waals surface area contributed by atoms with E-state index in [1.54, 1.807) is 0 Å². The van der Waals surface area contributed by atoms with Crippen LogP contribution in [-0.4, -0.2) is 6.04 Å². The van der Waals surface area contributed by atoms with Gasteiger partial charge in [0.1, 0.15) is 11.5 Å². The van der Waals surface area contributed by atoms with E-state index in [4.69, 9.17) is 16.3 Å². The lowest BCUT2D eigenvalue weighted by Gasteiger charge is -2.15. The number of benzene rings is 2. The summed E-state index contributed by atoms with van der Waals surface area (Å²) in [6, 6.07) is 12.1. The third kappa shape index (κ3) is 4.73. The maximum absolute atomic E-state index is 6.10. The molecule has 1 N–H and O–H groups in total. The molecule has 0 aromatic heterocycles. The van der Waals surface area contributed by atoms with Crippen LogP contribution in [0.3, 0.4) is 0 Å². The molecular weight excluding hydrogens is 350 g/mol. The second kappa shape index (κ2) is 7.30. The van der Waals surface area contributed by atoms with E-state index in [2.05, 4.69) is 35.1 Å². The molecule has 0 aliphatic heterocycles. The van der Waals surface area contributed by atoms with Gasteiger partial charge in [0.15, 0.2) is 0 Å². The Morgan fingerprint density at radius 1 is 1.14 bits per heavy atom. The van der Waals surface area contributed by atoms with Crippen LogP contribution in [0.2, 0.25) is 5.02 Å². The lowest BCUT2D eigenvalue weighted by molar-refractivity contribution is 0.466. The van der Waals surface area contributed by atoms with Gasteiger partial charge < -0.3 is 10.1 Å². The molecule has 0 saturated heterocycles. The molecule has 2 nitrogen and oxygen atoms in total. The van der Waals surface area contributed by atoms with E-state index in [0.29, 0.717) is 6.04 Å². The van der Waals surface area contributed by atoms with Crippen LogP contribution in [0, 0.1) is 6.92 Å². The number of halogens is 2. The summed E-state index contributed by atoms with van der Waals surface area (Å²) >= 11 is 9.56. The van der Waals surface area contributed by atoms with Gasteiger partial charge in [-0.15, -0.1) is 0 Å². The van der Waals surface area contributed by atoms with Crippen LogP contribution in [0.4, 0.5) is 0 Å². The number of ether oxygens (including phenoxy) is 1. The molecule has 0 spiro atoms. The smallest absolute Gasteiger partial charge is 0.132 e. The highest BCUT2D eigenvalue weighted by molar-refractivity contribution is 9.10. The molecule has 2 aromatic carbocycles. The van der Waals surface area contributed by atoms with Crippen molar-refractivity contribution in [1.82, 2.24) is 5.32 Å². The monoisotopic (exact) mass is 367 g/mol. The fourth-order valence-electron chi connectivity index (χ4n) is 1.95. The second-order valence-corrected chi connectivity index (χ2v) is 6.65. The van der Waals surface area contributed by atoms with Crippen LogP contribution < -0.4 is 10.1 Å². The molecule has 0 unspecified atom stereocenters. The molecule has 0 amide bonds. The molecular formula is C17H19BrClNO. The first-order valence-corrected chi connectivity index (χ1v) is 8.08. The summed E-state index contributed by atoms with van der Waals surface area (Å²) < 4.78 is 7.11. The van der Waals surface area contributed by atoms with E-state index in [1.165, 1.54) is 0 Å². The van der Waals surface area contributed by atoms with Gasteiger partial charge in [0.25, 0.3) is 0 Å². The van der Waals surface area contributed by atoms with Crippen molar-refractivity contribution in [3.8, 4) is 11.5 Å². The van der Waals surface area contributed by atoms with E-state index in [0.717, 1.165) is 38.7 Å². The quantitative estimate of drug-likeness (QED) is 0.730. The van der Waals surface area contributed by atoms with Gasteiger partial charge in [0.2, 0.25) is 0 Å². The second-order valence-electron chi connectivity index (χ2n) is 5.30. The van der Waals surface area contributed by atoms with Gasteiger partial charge >= 0.3 is 0 Å². The van der Waals surface area contributed by atoms with Gasteiger partial charge in [0.05, 0.1) is 0 Å². The van der Waals surface area contributed by atoms with Crippen LogP contribution in [0.1, 0.15) is 25.0 Å². The summed E-state index contributed by atoms with van der Waals surface area (Å²) in [5.74, 6) is 1.68.